The number of benzene rings is 1. The highest BCUT2D eigenvalue weighted by molar-refractivity contribution is 6.42. The Kier molecular flexibility index (Phi) is 5.10. The van der Waals surface area contributed by atoms with Crippen molar-refractivity contribution < 1.29 is 13.2 Å². The molecule has 1 aromatic carbocycles. The predicted octanol–water partition coefficient (Wildman–Crippen LogP) is 4.06. The summed E-state index contributed by atoms with van der Waals surface area (Å²) in [5.74, 6) is -1.44. The highest BCUT2D eigenvalue weighted by Crippen LogP contribution is 2.32. The van der Waals surface area contributed by atoms with Crippen LogP contribution in [-0.4, -0.2) is 12.7 Å². The van der Waals surface area contributed by atoms with Gasteiger partial charge in [0.2, 0.25) is 0 Å². The summed E-state index contributed by atoms with van der Waals surface area (Å²) in [5, 5.41) is 0.593. The van der Waals surface area contributed by atoms with E-state index in [1.807, 2.05) is 0 Å². The number of alkyl halides is 3. The Morgan fingerprint density at radius 1 is 1.18 bits per heavy atom. The Hall–Kier alpha value is -0.450. The molecule has 0 aromatic heterocycles. The van der Waals surface area contributed by atoms with E-state index in [9.17, 15) is 13.2 Å². The van der Waals surface area contributed by atoms with Gasteiger partial charge in [0.15, 0.2) is 0 Å². The molecule has 1 atom stereocenters. The first-order valence-electron chi connectivity index (χ1n) is 5.05. The van der Waals surface area contributed by atoms with E-state index in [2.05, 4.69) is 0 Å². The molecule has 0 spiro atoms. The van der Waals surface area contributed by atoms with Crippen LogP contribution in [0.2, 0.25) is 10.0 Å². The average Bonchev–Trinajstić information content (AvgIpc) is 2.21. The molecule has 0 aliphatic rings. The Bertz CT molecular complexity index is 379. The molecule has 0 saturated carbocycles. The summed E-state index contributed by atoms with van der Waals surface area (Å²) < 4.78 is 38.0. The van der Waals surface area contributed by atoms with E-state index in [4.69, 9.17) is 28.9 Å². The lowest BCUT2D eigenvalue weighted by molar-refractivity contribution is -0.175. The van der Waals surface area contributed by atoms with Gasteiger partial charge in [-0.25, -0.2) is 0 Å². The summed E-state index contributed by atoms with van der Waals surface area (Å²) in [6.45, 7) is 0.00545. The second-order valence-corrected chi connectivity index (χ2v) is 4.58. The van der Waals surface area contributed by atoms with Crippen LogP contribution in [0.5, 0.6) is 0 Å². The SMILES string of the molecule is NCCC(Cc1ccc(Cl)c(Cl)c1)C(F)(F)F. The van der Waals surface area contributed by atoms with Crippen LogP contribution in [0.3, 0.4) is 0 Å². The van der Waals surface area contributed by atoms with Gasteiger partial charge < -0.3 is 5.73 Å². The number of nitrogens with two attached hydrogens (primary N) is 1. The molecular formula is C11H12Cl2F3N. The number of rotatable bonds is 4. The van der Waals surface area contributed by atoms with Crippen LogP contribution in [0, 0.1) is 5.92 Å². The molecule has 0 amide bonds. The lowest BCUT2D eigenvalue weighted by atomic mass is 9.96. The maximum absolute atomic E-state index is 12.7. The van der Waals surface area contributed by atoms with Gasteiger partial charge in [-0.05, 0) is 37.1 Å². The molecule has 0 aliphatic carbocycles. The van der Waals surface area contributed by atoms with Crippen LogP contribution in [0.25, 0.3) is 0 Å². The van der Waals surface area contributed by atoms with Gasteiger partial charge in [-0.1, -0.05) is 29.3 Å². The molecule has 0 radical (unpaired) electrons. The van der Waals surface area contributed by atoms with Crippen molar-refractivity contribution in [1.29, 1.82) is 0 Å². The zero-order valence-corrected chi connectivity index (χ0v) is 10.4. The third-order valence-electron chi connectivity index (χ3n) is 2.44. The van der Waals surface area contributed by atoms with Crippen LogP contribution >= 0.6 is 23.2 Å². The quantitative estimate of drug-likeness (QED) is 0.887. The van der Waals surface area contributed by atoms with Gasteiger partial charge in [0.05, 0.1) is 16.0 Å². The minimum Gasteiger partial charge on any atom is -0.330 e. The molecule has 96 valence electrons. The van der Waals surface area contributed by atoms with Crippen molar-refractivity contribution in [2.24, 2.45) is 11.7 Å². The summed E-state index contributed by atoms with van der Waals surface area (Å²) in [4.78, 5) is 0. The number of halogens is 5. The molecule has 2 N–H and O–H groups in total. The minimum absolute atomic E-state index is 0.00545. The molecule has 0 aliphatic heterocycles. The molecule has 0 saturated heterocycles. The first-order chi connectivity index (χ1) is 7.84. The number of hydrogen-bond donors (Lipinski definition) is 1. The predicted molar refractivity (Wildman–Crippen MR) is 63.4 cm³/mol. The van der Waals surface area contributed by atoms with Crippen molar-refractivity contribution in [3.05, 3.63) is 33.8 Å². The van der Waals surface area contributed by atoms with E-state index in [1.165, 1.54) is 12.1 Å². The molecule has 1 nitrogen and oxygen atoms in total. The van der Waals surface area contributed by atoms with Crippen LogP contribution < -0.4 is 5.73 Å². The Balaban J connectivity index is 2.82. The molecule has 1 aromatic rings. The van der Waals surface area contributed by atoms with Gasteiger partial charge in [-0.3, -0.25) is 0 Å². The van der Waals surface area contributed by atoms with Crippen molar-refractivity contribution in [2.45, 2.75) is 19.0 Å². The first-order valence-corrected chi connectivity index (χ1v) is 5.81. The summed E-state index contributed by atoms with van der Waals surface area (Å²) in [6, 6.07) is 4.50. The van der Waals surface area contributed by atoms with Crippen LogP contribution in [-0.2, 0) is 6.42 Å². The standard InChI is InChI=1S/C11H12Cl2F3N/c12-9-2-1-7(6-10(9)13)5-8(3-4-17)11(14,15)16/h1-2,6,8H,3-5,17H2. The molecule has 0 heterocycles. The fourth-order valence-corrected chi connectivity index (χ4v) is 1.85. The largest absolute Gasteiger partial charge is 0.392 e. The van der Waals surface area contributed by atoms with Gasteiger partial charge in [-0.2, -0.15) is 13.2 Å². The van der Waals surface area contributed by atoms with E-state index in [0.717, 1.165) is 0 Å². The maximum Gasteiger partial charge on any atom is 0.392 e. The lowest BCUT2D eigenvalue weighted by Gasteiger charge is -2.19. The van der Waals surface area contributed by atoms with Crippen molar-refractivity contribution in [3.63, 3.8) is 0 Å². The van der Waals surface area contributed by atoms with Crippen molar-refractivity contribution in [2.75, 3.05) is 6.54 Å². The molecule has 0 bridgehead atoms. The molecule has 0 fully saturated rings. The zero-order valence-electron chi connectivity index (χ0n) is 8.90. The zero-order chi connectivity index (χ0) is 13.1. The molecule has 1 unspecified atom stereocenters. The van der Waals surface area contributed by atoms with E-state index in [-0.39, 0.29) is 24.4 Å². The normalized spacial score (nSPS) is 13.8. The fourth-order valence-electron chi connectivity index (χ4n) is 1.53. The first kappa shape index (κ1) is 14.6. The highest BCUT2D eigenvalue weighted by Gasteiger charge is 2.38. The van der Waals surface area contributed by atoms with E-state index >= 15 is 0 Å². The maximum atomic E-state index is 12.7. The monoisotopic (exact) mass is 285 g/mol. The van der Waals surface area contributed by atoms with Crippen molar-refractivity contribution in [1.82, 2.24) is 0 Å². The van der Waals surface area contributed by atoms with Gasteiger partial charge in [-0.15, -0.1) is 0 Å². The topological polar surface area (TPSA) is 26.0 Å². The summed E-state index contributed by atoms with van der Waals surface area (Å²) in [5.41, 5.74) is 5.70. The average molecular weight is 286 g/mol. The Morgan fingerprint density at radius 2 is 1.82 bits per heavy atom. The number of hydrogen-bond acceptors (Lipinski definition) is 1. The van der Waals surface area contributed by atoms with Gasteiger partial charge in [0.1, 0.15) is 0 Å². The van der Waals surface area contributed by atoms with Crippen LogP contribution in [0.4, 0.5) is 13.2 Å². The molecule has 17 heavy (non-hydrogen) atoms. The molecule has 6 heteroatoms. The van der Waals surface area contributed by atoms with E-state index in [0.29, 0.717) is 10.6 Å². The summed E-state index contributed by atoms with van der Waals surface area (Å²) in [7, 11) is 0. The van der Waals surface area contributed by atoms with Gasteiger partial charge in [0, 0.05) is 0 Å². The second-order valence-electron chi connectivity index (χ2n) is 3.77. The Labute approximate surface area is 108 Å². The Morgan fingerprint density at radius 3 is 2.29 bits per heavy atom. The van der Waals surface area contributed by atoms with Crippen molar-refractivity contribution in [3.8, 4) is 0 Å². The minimum atomic E-state index is -4.24. The molecular weight excluding hydrogens is 274 g/mol. The molecule has 1 rings (SSSR count). The third-order valence-corrected chi connectivity index (χ3v) is 3.18. The van der Waals surface area contributed by atoms with E-state index in [1.54, 1.807) is 6.07 Å². The third kappa shape index (κ3) is 4.37. The van der Waals surface area contributed by atoms with E-state index < -0.39 is 12.1 Å². The van der Waals surface area contributed by atoms with Gasteiger partial charge in [0.25, 0.3) is 0 Å². The smallest absolute Gasteiger partial charge is 0.330 e. The highest BCUT2D eigenvalue weighted by atomic mass is 35.5. The van der Waals surface area contributed by atoms with Crippen LogP contribution in [0.15, 0.2) is 18.2 Å². The lowest BCUT2D eigenvalue weighted by Crippen LogP contribution is -2.27. The summed E-state index contributed by atoms with van der Waals surface area (Å²) >= 11 is 11.4. The van der Waals surface area contributed by atoms with Crippen molar-refractivity contribution >= 4 is 23.2 Å². The summed E-state index contributed by atoms with van der Waals surface area (Å²) in [6.07, 6.45) is -4.47. The van der Waals surface area contributed by atoms with Crippen LogP contribution in [0.1, 0.15) is 12.0 Å². The van der Waals surface area contributed by atoms with Gasteiger partial charge >= 0.3 is 6.18 Å². The second kappa shape index (κ2) is 5.94. The fraction of sp³-hybridized carbons (Fsp3) is 0.455.